The van der Waals surface area contributed by atoms with Crippen LogP contribution < -0.4 is 5.32 Å². The number of rotatable bonds is 5. The quantitative estimate of drug-likeness (QED) is 0.602. The van der Waals surface area contributed by atoms with Gasteiger partial charge >= 0.3 is 5.97 Å². The molecule has 3 N–H and O–H groups in total. The minimum atomic E-state index is -1.09. The molecule has 1 atom stereocenters. The number of hydrogen-bond acceptors (Lipinski definition) is 3. The minimum Gasteiger partial charge on any atom is -0.508 e. The van der Waals surface area contributed by atoms with E-state index in [1.807, 2.05) is 0 Å². The second-order valence-corrected chi connectivity index (χ2v) is 3.05. The molecular weight excluding hydrogens is 198 g/mol. The average molecular weight is 209 g/mol. The van der Waals surface area contributed by atoms with Gasteiger partial charge in [-0.1, -0.05) is 12.1 Å². The third kappa shape index (κ3) is 3.30. The van der Waals surface area contributed by atoms with Gasteiger partial charge in [-0.05, 0) is 17.7 Å². The lowest BCUT2D eigenvalue weighted by Crippen LogP contribution is -2.37. The number of carboxylic acids is 1. The molecule has 0 spiro atoms. The maximum Gasteiger partial charge on any atom is 0.326 e. The number of phenols is 1. The summed E-state index contributed by atoms with van der Waals surface area (Å²) >= 11 is 0. The Balaban J connectivity index is 2.69. The molecule has 1 amide bonds. The van der Waals surface area contributed by atoms with E-state index in [4.69, 9.17) is 10.2 Å². The molecule has 0 saturated heterocycles. The Bertz CT molecular complexity index is 347. The van der Waals surface area contributed by atoms with Crippen molar-refractivity contribution < 1.29 is 19.8 Å². The van der Waals surface area contributed by atoms with Gasteiger partial charge in [-0.15, -0.1) is 0 Å². The van der Waals surface area contributed by atoms with Crippen LogP contribution in [0.25, 0.3) is 0 Å². The summed E-state index contributed by atoms with van der Waals surface area (Å²) in [4.78, 5) is 20.8. The van der Waals surface area contributed by atoms with E-state index in [2.05, 4.69) is 5.32 Å². The van der Waals surface area contributed by atoms with Crippen LogP contribution in [-0.4, -0.2) is 28.6 Å². The molecule has 0 bridgehead atoms. The molecule has 0 aliphatic carbocycles. The lowest BCUT2D eigenvalue weighted by molar-refractivity contribution is -0.140. The summed E-state index contributed by atoms with van der Waals surface area (Å²) in [5.41, 5.74) is 0.731. The van der Waals surface area contributed by atoms with Gasteiger partial charge in [0.15, 0.2) is 0 Å². The monoisotopic (exact) mass is 209 g/mol. The molecule has 5 heteroatoms. The number of carboxylic acid groups (broad SMARTS) is 1. The summed E-state index contributed by atoms with van der Waals surface area (Å²) in [7, 11) is 0. The smallest absolute Gasteiger partial charge is 0.326 e. The van der Waals surface area contributed by atoms with Crippen molar-refractivity contribution in [2.24, 2.45) is 0 Å². The molecule has 0 aromatic heterocycles. The first-order valence-electron chi connectivity index (χ1n) is 4.34. The Labute approximate surface area is 86.4 Å². The minimum absolute atomic E-state index is 0.119. The van der Waals surface area contributed by atoms with Gasteiger partial charge in [0, 0.05) is 6.42 Å². The van der Waals surface area contributed by atoms with Gasteiger partial charge in [0.05, 0.1) is 0 Å². The van der Waals surface area contributed by atoms with E-state index in [0.29, 0.717) is 6.41 Å². The van der Waals surface area contributed by atoms with Crippen molar-refractivity contribution in [2.45, 2.75) is 12.5 Å². The van der Waals surface area contributed by atoms with Crippen LogP contribution in [-0.2, 0) is 16.0 Å². The van der Waals surface area contributed by atoms with Crippen LogP contribution in [0, 0.1) is 0 Å². The summed E-state index contributed by atoms with van der Waals surface area (Å²) in [6.07, 6.45) is 0.549. The van der Waals surface area contributed by atoms with E-state index in [-0.39, 0.29) is 12.2 Å². The molecule has 80 valence electrons. The lowest BCUT2D eigenvalue weighted by Gasteiger charge is -2.10. The van der Waals surface area contributed by atoms with Crippen LogP contribution in [0.3, 0.4) is 0 Å². The number of aromatic hydroxyl groups is 1. The first-order valence-corrected chi connectivity index (χ1v) is 4.34. The molecule has 1 rings (SSSR count). The van der Waals surface area contributed by atoms with Crippen molar-refractivity contribution in [1.29, 1.82) is 0 Å². The second kappa shape index (κ2) is 4.99. The fraction of sp³-hybridized carbons (Fsp3) is 0.200. The molecule has 0 unspecified atom stereocenters. The highest BCUT2D eigenvalue weighted by atomic mass is 16.4. The molecule has 0 aliphatic rings. The highest BCUT2D eigenvalue weighted by molar-refractivity contribution is 5.76. The number of aliphatic carboxylic acids is 1. The van der Waals surface area contributed by atoms with Crippen LogP contribution in [0.15, 0.2) is 24.3 Å². The van der Waals surface area contributed by atoms with Crippen molar-refractivity contribution >= 4 is 12.4 Å². The molecule has 0 radical (unpaired) electrons. The number of benzene rings is 1. The van der Waals surface area contributed by atoms with Gasteiger partial charge in [-0.2, -0.15) is 0 Å². The predicted molar refractivity (Wildman–Crippen MR) is 52.4 cm³/mol. The first kappa shape index (κ1) is 11.0. The molecule has 0 fully saturated rings. The van der Waals surface area contributed by atoms with Gasteiger partial charge in [0.2, 0.25) is 6.41 Å². The fourth-order valence-corrected chi connectivity index (χ4v) is 1.17. The number of carbonyl (C=O) groups excluding carboxylic acids is 1. The summed E-state index contributed by atoms with van der Waals surface area (Å²) in [5.74, 6) is -0.968. The number of nitrogens with one attached hydrogen (secondary N) is 1. The molecular formula is C10H11NO4. The molecule has 0 heterocycles. The van der Waals surface area contributed by atoms with Crippen LogP contribution in [0.4, 0.5) is 0 Å². The normalized spacial score (nSPS) is 11.7. The summed E-state index contributed by atoms with van der Waals surface area (Å²) in [5, 5.41) is 20.0. The lowest BCUT2D eigenvalue weighted by atomic mass is 10.1. The second-order valence-electron chi connectivity index (χ2n) is 3.05. The summed E-state index contributed by atoms with van der Waals surface area (Å²) < 4.78 is 0. The van der Waals surface area contributed by atoms with Crippen LogP contribution >= 0.6 is 0 Å². The number of phenolic OH excluding ortho intramolecular Hbond substituents is 1. The zero-order valence-corrected chi connectivity index (χ0v) is 7.88. The van der Waals surface area contributed by atoms with Crippen LogP contribution in [0.2, 0.25) is 0 Å². The maximum absolute atomic E-state index is 10.7. The van der Waals surface area contributed by atoms with Crippen molar-refractivity contribution in [3.05, 3.63) is 29.8 Å². The Morgan fingerprint density at radius 2 is 2.00 bits per heavy atom. The largest absolute Gasteiger partial charge is 0.508 e. The number of hydrogen-bond donors (Lipinski definition) is 3. The molecule has 0 saturated carbocycles. The number of amides is 1. The Morgan fingerprint density at radius 1 is 1.40 bits per heavy atom. The van der Waals surface area contributed by atoms with E-state index in [1.54, 1.807) is 12.1 Å². The van der Waals surface area contributed by atoms with Gasteiger partial charge in [0.25, 0.3) is 0 Å². The van der Waals surface area contributed by atoms with Gasteiger partial charge < -0.3 is 15.5 Å². The van der Waals surface area contributed by atoms with E-state index >= 15 is 0 Å². The third-order valence-corrected chi connectivity index (χ3v) is 1.94. The van der Waals surface area contributed by atoms with Gasteiger partial charge in [-0.3, -0.25) is 4.79 Å². The average Bonchev–Trinajstić information content (AvgIpc) is 2.20. The Kier molecular flexibility index (Phi) is 3.68. The van der Waals surface area contributed by atoms with Crippen molar-refractivity contribution in [1.82, 2.24) is 5.32 Å². The Morgan fingerprint density at radius 3 is 2.47 bits per heavy atom. The molecule has 5 nitrogen and oxygen atoms in total. The number of carbonyl (C=O) groups is 2. The van der Waals surface area contributed by atoms with Crippen molar-refractivity contribution in [3.63, 3.8) is 0 Å². The maximum atomic E-state index is 10.7. The molecule has 1 aromatic carbocycles. The van der Waals surface area contributed by atoms with Gasteiger partial charge in [0.1, 0.15) is 11.8 Å². The van der Waals surface area contributed by atoms with Gasteiger partial charge in [-0.25, -0.2) is 4.79 Å². The molecule has 1 aromatic rings. The summed E-state index contributed by atoms with van der Waals surface area (Å²) in [6, 6.07) is 5.21. The Hall–Kier alpha value is -2.04. The highest BCUT2D eigenvalue weighted by Crippen LogP contribution is 2.11. The van der Waals surface area contributed by atoms with Crippen molar-refractivity contribution in [3.8, 4) is 5.75 Å². The van der Waals surface area contributed by atoms with Crippen LogP contribution in [0.5, 0.6) is 5.75 Å². The molecule has 15 heavy (non-hydrogen) atoms. The topological polar surface area (TPSA) is 86.6 Å². The van der Waals surface area contributed by atoms with E-state index in [0.717, 1.165) is 5.56 Å². The zero-order valence-electron chi connectivity index (χ0n) is 7.88. The first-order chi connectivity index (χ1) is 7.13. The SMILES string of the molecule is O=CN[C@@H](Cc1ccc(O)cc1)C(=O)O. The third-order valence-electron chi connectivity index (χ3n) is 1.94. The van der Waals surface area contributed by atoms with E-state index < -0.39 is 12.0 Å². The predicted octanol–water partition coefficient (Wildman–Crippen LogP) is 0.134. The summed E-state index contributed by atoms with van der Waals surface area (Å²) in [6.45, 7) is 0. The van der Waals surface area contributed by atoms with E-state index in [9.17, 15) is 9.59 Å². The standard InChI is InChI=1S/C10H11NO4/c12-6-11-9(10(14)15)5-7-1-3-8(13)4-2-7/h1-4,6,9,13H,5H2,(H,11,12)(H,14,15)/t9-/m0/s1. The zero-order chi connectivity index (χ0) is 11.3. The molecule has 0 aliphatic heterocycles. The van der Waals surface area contributed by atoms with Crippen LogP contribution in [0.1, 0.15) is 5.56 Å². The van der Waals surface area contributed by atoms with Crippen molar-refractivity contribution in [2.75, 3.05) is 0 Å². The van der Waals surface area contributed by atoms with E-state index in [1.165, 1.54) is 12.1 Å². The fourth-order valence-electron chi connectivity index (χ4n) is 1.17. The highest BCUT2D eigenvalue weighted by Gasteiger charge is 2.16.